The summed E-state index contributed by atoms with van der Waals surface area (Å²) in [5.74, 6) is 0. The monoisotopic (exact) mass is 221 g/mol. The molecule has 0 fully saturated rings. The highest BCUT2D eigenvalue weighted by Crippen LogP contribution is 2.12. The van der Waals surface area contributed by atoms with E-state index in [1.54, 1.807) is 0 Å². The Bertz CT molecular complexity index is 442. The quantitative estimate of drug-likeness (QED) is 0.436. The maximum Gasteiger partial charge on any atom is 0.497 e. The van der Waals surface area contributed by atoms with Crippen molar-refractivity contribution in [1.29, 1.82) is 0 Å². The first-order valence-corrected chi connectivity index (χ1v) is 3.85. The van der Waals surface area contributed by atoms with Crippen LogP contribution in [0.5, 0.6) is 0 Å². The van der Waals surface area contributed by atoms with E-state index in [-0.39, 0.29) is 0 Å². The number of rotatable bonds is 3. The third kappa shape index (κ3) is 3.11. The van der Waals surface area contributed by atoms with E-state index in [9.17, 15) is 27.9 Å². The molecule has 1 aromatic rings. The Hall–Kier alpha value is -1.80. The molecule has 1 rings (SSSR count). The molecule has 0 bridgehead atoms. The number of pyridine rings is 1. The van der Waals surface area contributed by atoms with Crippen LogP contribution in [-0.2, 0) is 6.44 Å². The highest BCUT2D eigenvalue weighted by molar-refractivity contribution is 6.57. The Morgan fingerprint density at radius 1 is 1.47 bits per heavy atom. The summed E-state index contributed by atoms with van der Waals surface area (Å²) >= 11 is 0. The minimum Gasteiger partial charge on any atom is -0.448 e. The fraction of sp³-hybridized carbons (Fsp3) is 0.167. The topological polar surface area (TPSA) is 65.1 Å². The molecule has 0 saturated heterocycles. The minimum atomic E-state index is -5.09. The second-order valence-corrected chi connectivity index (χ2v) is 2.86. The maximum atomic E-state index is 12.0. The van der Waals surface area contributed by atoms with E-state index in [1.165, 1.54) is 0 Å². The van der Waals surface area contributed by atoms with Crippen molar-refractivity contribution in [2.45, 2.75) is 6.44 Å². The van der Waals surface area contributed by atoms with Gasteiger partial charge in [-0.05, 0) is 6.44 Å². The second-order valence-electron chi connectivity index (χ2n) is 2.86. The summed E-state index contributed by atoms with van der Waals surface area (Å²) in [6.45, 7) is -5.09. The standard InChI is InChI=1S/C6H5BF3N2O3/c8-7(9,10)4-11-2-1-6(13)5(3-11)12(14)15/h1-3H,4H2/q-1. The lowest BCUT2D eigenvalue weighted by Crippen LogP contribution is -2.25. The minimum absolute atomic E-state index is 0.569. The van der Waals surface area contributed by atoms with E-state index in [1.807, 2.05) is 0 Å². The van der Waals surface area contributed by atoms with E-state index in [0.29, 0.717) is 10.8 Å². The van der Waals surface area contributed by atoms with Crippen LogP contribution in [0.15, 0.2) is 23.3 Å². The maximum absolute atomic E-state index is 12.0. The molecular weight excluding hydrogens is 216 g/mol. The zero-order valence-electron chi connectivity index (χ0n) is 7.27. The highest BCUT2D eigenvalue weighted by Gasteiger charge is 2.24. The summed E-state index contributed by atoms with van der Waals surface area (Å²) in [6.07, 6.45) is 0.142. The van der Waals surface area contributed by atoms with Crippen molar-refractivity contribution in [1.82, 2.24) is 4.57 Å². The normalized spacial score (nSPS) is 11.4. The molecule has 0 aromatic carbocycles. The van der Waals surface area contributed by atoms with Gasteiger partial charge < -0.3 is 17.5 Å². The van der Waals surface area contributed by atoms with Gasteiger partial charge in [-0.2, -0.15) is 0 Å². The number of aromatic nitrogens is 1. The number of nitrogens with zero attached hydrogens (tertiary/aromatic N) is 2. The van der Waals surface area contributed by atoms with Gasteiger partial charge >= 0.3 is 12.7 Å². The number of hydrogen-bond donors (Lipinski definition) is 0. The van der Waals surface area contributed by atoms with E-state index in [0.717, 1.165) is 12.3 Å². The fourth-order valence-corrected chi connectivity index (χ4v) is 1.00. The molecule has 82 valence electrons. The van der Waals surface area contributed by atoms with Gasteiger partial charge in [-0.1, -0.05) is 0 Å². The largest absolute Gasteiger partial charge is 0.497 e. The summed E-state index contributed by atoms with van der Waals surface area (Å²) in [6, 6.07) is 0.736. The van der Waals surface area contributed by atoms with E-state index >= 15 is 0 Å². The van der Waals surface area contributed by atoms with Gasteiger partial charge in [0.1, 0.15) is 0 Å². The molecule has 0 spiro atoms. The van der Waals surface area contributed by atoms with Crippen LogP contribution in [0, 0.1) is 10.1 Å². The Balaban J connectivity index is 3.09. The van der Waals surface area contributed by atoms with Crippen molar-refractivity contribution in [3.63, 3.8) is 0 Å². The second kappa shape index (κ2) is 3.75. The van der Waals surface area contributed by atoms with E-state index in [4.69, 9.17) is 0 Å². The molecule has 1 heterocycles. The molecular formula is C6H5BF3N2O3-. The first kappa shape index (κ1) is 11.3. The smallest absolute Gasteiger partial charge is 0.448 e. The molecule has 1 aromatic heterocycles. The van der Waals surface area contributed by atoms with Gasteiger partial charge in [0.25, 0.3) is 5.43 Å². The van der Waals surface area contributed by atoms with Crippen LogP contribution >= 0.6 is 0 Å². The zero-order valence-corrected chi connectivity index (χ0v) is 7.27. The Morgan fingerprint density at radius 3 is 2.53 bits per heavy atom. The average molecular weight is 221 g/mol. The molecule has 0 aliphatic heterocycles. The zero-order chi connectivity index (χ0) is 11.6. The van der Waals surface area contributed by atoms with Crippen molar-refractivity contribution in [3.8, 4) is 0 Å². The van der Waals surface area contributed by atoms with Gasteiger partial charge in [-0.3, -0.25) is 14.9 Å². The van der Waals surface area contributed by atoms with Crippen LogP contribution in [-0.4, -0.2) is 16.5 Å². The first-order chi connectivity index (χ1) is 6.79. The van der Waals surface area contributed by atoms with Gasteiger partial charge in [-0.15, -0.1) is 0 Å². The number of hydrogen-bond acceptors (Lipinski definition) is 3. The highest BCUT2D eigenvalue weighted by atomic mass is 19.4. The van der Waals surface area contributed by atoms with Crippen LogP contribution in [0.1, 0.15) is 0 Å². The molecule has 0 N–H and O–H groups in total. The van der Waals surface area contributed by atoms with Gasteiger partial charge in [0.15, 0.2) is 0 Å². The number of nitro groups is 1. The molecule has 5 nitrogen and oxygen atoms in total. The fourth-order valence-electron chi connectivity index (χ4n) is 1.00. The summed E-state index contributed by atoms with van der Waals surface area (Å²) in [7, 11) is 0. The van der Waals surface area contributed by atoms with E-state index in [2.05, 4.69) is 0 Å². The summed E-state index contributed by atoms with van der Waals surface area (Å²) in [4.78, 5) is 20.1. The SMILES string of the molecule is O=c1ccn(C[B-](F)(F)F)cc1[N+](=O)[O-]. The van der Waals surface area contributed by atoms with Crippen molar-refractivity contribution < 1.29 is 17.9 Å². The lowest BCUT2D eigenvalue weighted by atomic mass is 9.92. The van der Waals surface area contributed by atoms with Crippen LogP contribution in [0.2, 0.25) is 0 Å². The summed E-state index contributed by atoms with van der Waals surface area (Å²) < 4.78 is 36.5. The molecule has 0 aliphatic rings. The molecule has 0 saturated carbocycles. The Labute approximate surface area is 81.3 Å². The van der Waals surface area contributed by atoms with Crippen LogP contribution in [0.4, 0.5) is 18.6 Å². The molecule has 9 heteroatoms. The third-order valence-corrected chi connectivity index (χ3v) is 1.57. The Morgan fingerprint density at radius 2 is 2.07 bits per heavy atom. The lowest BCUT2D eigenvalue weighted by Gasteiger charge is -2.15. The van der Waals surface area contributed by atoms with Gasteiger partial charge in [0, 0.05) is 12.3 Å². The van der Waals surface area contributed by atoms with Crippen molar-refractivity contribution >= 4 is 12.7 Å². The van der Waals surface area contributed by atoms with Crippen LogP contribution in [0.3, 0.4) is 0 Å². The molecule has 0 aliphatic carbocycles. The Kier molecular flexibility index (Phi) is 2.82. The van der Waals surface area contributed by atoms with Gasteiger partial charge in [-0.25, -0.2) is 0 Å². The van der Waals surface area contributed by atoms with Crippen LogP contribution in [0.25, 0.3) is 0 Å². The number of halogens is 3. The molecule has 15 heavy (non-hydrogen) atoms. The van der Waals surface area contributed by atoms with Crippen molar-refractivity contribution in [2.24, 2.45) is 0 Å². The average Bonchev–Trinajstić information content (AvgIpc) is 2.05. The molecule has 0 atom stereocenters. The predicted molar refractivity (Wildman–Crippen MR) is 46.4 cm³/mol. The van der Waals surface area contributed by atoms with Gasteiger partial charge in [0.05, 0.1) is 11.1 Å². The summed E-state index contributed by atoms with van der Waals surface area (Å²) in [5, 5.41) is 10.3. The predicted octanol–water partition coefficient (Wildman–Crippen LogP) is 1.14. The third-order valence-electron chi connectivity index (χ3n) is 1.57. The van der Waals surface area contributed by atoms with Crippen molar-refractivity contribution in [3.05, 3.63) is 38.8 Å². The first-order valence-electron chi connectivity index (χ1n) is 3.85. The lowest BCUT2D eigenvalue weighted by molar-refractivity contribution is -0.386. The molecule has 0 radical (unpaired) electrons. The van der Waals surface area contributed by atoms with Crippen LogP contribution < -0.4 is 5.43 Å². The summed E-state index contributed by atoms with van der Waals surface area (Å²) in [5.41, 5.74) is -1.77. The van der Waals surface area contributed by atoms with E-state index < -0.39 is 29.5 Å². The van der Waals surface area contributed by atoms with Crippen molar-refractivity contribution in [2.75, 3.05) is 0 Å². The molecule has 0 amide bonds. The molecule has 0 unspecified atom stereocenters. The van der Waals surface area contributed by atoms with Gasteiger partial charge in [0.2, 0.25) is 0 Å².